The summed E-state index contributed by atoms with van der Waals surface area (Å²) in [7, 11) is 0. The summed E-state index contributed by atoms with van der Waals surface area (Å²) in [6.45, 7) is 1.19. The number of fused-ring (bicyclic) bond motifs is 1. The van der Waals surface area contributed by atoms with Crippen LogP contribution < -0.4 is 0 Å². The van der Waals surface area contributed by atoms with Crippen LogP contribution in [0.5, 0.6) is 0 Å². The van der Waals surface area contributed by atoms with Crippen LogP contribution in [0.25, 0.3) is 11.0 Å². The fourth-order valence-corrected chi connectivity index (χ4v) is 0.906. The van der Waals surface area contributed by atoms with Crippen molar-refractivity contribution in [3.8, 4) is 0 Å². The maximum Gasteiger partial charge on any atom is 0.339 e. The molecule has 0 bridgehead atoms. The molecule has 2 aromatic rings. The topological polar surface area (TPSA) is 50.4 Å². The molecule has 0 unspecified atom stereocenters. The van der Waals surface area contributed by atoms with Crippen LogP contribution in [0, 0.1) is 0 Å². The lowest BCUT2D eigenvalue weighted by molar-refractivity contribution is -0.137. The summed E-state index contributed by atoms with van der Waals surface area (Å²) in [6, 6.07) is 9.90. The fourth-order valence-electron chi connectivity index (χ4n) is 0.906. The number of benzene rings is 1. The van der Waals surface area contributed by atoms with Crippen molar-refractivity contribution in [3.63, 3.8) is 0 Å². The predicted octanol–water partition coefficient (Wildman–Crippen LogP) is 3.70. The van der Waals surface area contributed by atoms with Gasteiger partial charge in [-0.25, -0.2) is 4.79 Å². The van der Waals surface area contributed by atoms with Gasteiger partial charge in [-0.05, 0) is 19.1 Å². The highest BCUT2D eigenvalue weighted by atomic mass is 35.5. The molecule has 0 saturated heterocycles. The molecule has 0 aliphatic carbocycles. The van der Waals surface area contributed by atoms with E-state index in [0.717, 1.165) is 11.0 Å². The summed E-state index contributed by atoms with van der Waals surface area (Å²) in [5.41, 5.74) is 0.956. The molecule has 0 fully saturated rings. The minimum Gasteiger partial charge on any atom is -0.479 e. The van der Waals surface area contributed by atoms with Crippen LogP contribution >= 0.6 is 23.2 Å². The minimum atomic E-state index is -1.64. The molecule has 1 aromatic carbocycles. The molecule has 16 heavy (non-hydrogen) atoms. The summed E-state index contributed by atoms with van der Waals surface area (Å²) in [6.07, 6.45) is 1.70. The third-order valence-corrected chi connectivity index (χ3v) is 2.06. The Morgan fingerprint density at radius 1 is 1.31 bits per heavy atom. The number of hydrogen-bond donors (Lipinski definition) is 1. The van der Waals surface area contributed by atoms with E-state index in [1.807, 2.05) is 30.3 Å². The zero-order valence-corrected chi connectivity index (χ0v) is 10.00. The Bertz CT molecular complexity index is 441. The van der Waals surface area contributed by atoms with E-state index in [0.29, 0.717) is 0 Å². The minimum absolute atomic E-state index is 0.956. The Balaban J connectivity index is 0.000000168. The van der Waals surface area contributed by atoms with Crippen molar-refractivity contribution >= 4 is 40.1 Å². The molecule has 0 aliphatic rings. The number of para-hydroxylation sites is 1. The van der Waals surface area contributed by atoms with Gasteiger partial charge in [-0.3, -0.25) is 0 Å². The first kappa shape index (κ1) is 12.9. The molecule has 2 rings (SSSR count). The molecule has 3 nitrogen and oxygen atoms in total. The van der Waals surface area contributed by atoms with Gasteiger partial charge in [-0.2, -0.15) is 0 Å². The zero-order chi connectivity index (χ0) is 12.2. The third kappa shape index (κ3) is 3.76. The molecule has 1 N–H and O–H groups in total. The van der Waals surface area contributed by atoms with Crippen LogP contribution in [0.2, 0.25) is 0 Å². The molecule has 0 amide bonds. The van der Waals surface area contributed by atoms with Gasteiger partial charge in [0.1, 0.15) is 5.58 Å². The first-order chi connectivity index (χ1) is 7.41. The number of furan rings is 1. The number of carbonyl (C=O) groups is 1. The number of halogens is 2. The van der Waals surface area contributed by atoms with Gasteiger partial charge in [0.15, 0.2) is 0 Å². The molecule has 5 heteroatoms. The number of alkyl halides is 2. The average molecular weight is 261 g/mol. The van der Waals surface area contributed by atoms with Gasteiger partial charge in [0.2, 0.25) is 4.33 Å². The van der Waals surface area contributed by atoms with Crippen LogP contribution in [0.1, 0.15) is 6.92 Å². The Kier molecular flexibility index (Phi) is 4.21. The lowest BCUT2D eigenvalue weighted by atomic mass is 10.3. The van der Waals surface area contributed by atoms with Gasteiger partial charge in [0.25, 0.3) is 0 Å². The molecular formula is C11H10Cl2O3. The van der Waals surface area contributed by atoms with Crippen molar-refractivity contribution in [3.05, 3.63) is 36.6 Å². The first-order valence-corrected chi connectivity index (χ1v) is 5.20. The fraction of sp³-hybridized carbons (Fsp3) is 0.182. The largest absolute Gasteiger partial charge is 0.479 e. The highest BCUT2D eigenvalue weighted by Gasteiger charge is 2.25. The SMILES string of the molecule is CC(Cl)(Cl)C(=O)O.c1ccc2occc2c1. The number of rotatable bonds is 1. The van der Waals surface area contributed by atoms with E-state index in [1.54, 1.807) is 6.26 Å². The van der Waals surface area contributed by atoms with Gasteiger partial charge in [-0.1, -0.05) is 41.4 Å². The molecule has 0 atom stereocenters. The number of hydrogen-bond acceptors (Lipinski definition) is 2. The summed E-state index contributed by atoms with van der Waals surface area (Å²) < 4.78 is 3.48. The van der Waals surface area contributed by atoms with Gasteiger partial charge >= 0.3 is 5.97 Å². The highest BCUT2D eigenvalue weighted by Crippen LogP contribution is 2.18. The first-order valence-electron chi connectivity index (χ1n) is 4.44. The number of carboxylic acids is 1. The van der Waals surface area contributed by atoms with E-state index < -0.39 is 10.3 Å². The van der Waals surface area contributed by atoms with E-state index in [9.17, 15) is 4.79 Å². The average Bonchev–Trinajstić information content (AvgIpc) is 2.64. The molecule has 0 saturated carbocycles. The number of carboxylic acid groups (broad SMARTS) is 1. The monoisotopic (exact) mass is 260 g/mol. The maximum atomic E-state index is 9.76. The quantitative estimate of drug-likeness (QED) is 0.796. The second-order valence-electron chi connectivity index (χ2n) is 3.15. The molecule has 0 radical (unpaired) electrons. The molecule has 0 aliphatic heterocycles. The summed E-state index contributed by atoms with van der Waals surface area (Å²) in [5, 5.41) is 9.15. The number of aliphatic carboxylic acids is 1. The zero-order valence-electron chi connectivity index (χ0n) is 8.48. The summed E-state index contributed by atoms with van der Waals surface area (Å²) >= 11 is 10.1. The van der Waals surface area contributed by atoms with E-state index in [1.165, 1.54) is 6.92 Å². The van der Waals surface area contributed by atoms with Crippen molar-refractivity contribution in [1.82, 2.24) is 0 Å². The summed E-state index contributed by atoms with van der Waals surface area (Å²) in [5.74, 6) is -1.23. The van der Waals surface area contributed by atoms with Gasteiger partial charge in [0, 0.05) is 5.39 Å². The Morgan fingerprint density at radius 2 is 1.88 bits per heavy atom. The van der Waals surface area contributed by atoms with Crippen molar-refractivity contribution in [2.75, 3.05) is 0 Å². The van der Waals surface area contributed by atoms with Crippen molar-refractivity contribution in [1.29, 1.82) is 0 Å². The third-order valence-electron chi connectivity index (χ3n) is 1.74. The van der Waals surface area contributed by atoms with Crippen LogP contribution in [0.15, 0.2) is 41.0 Å². The van der Waals surface area contributed by atoms with Crippen molar-refractivity contribution in [2.45, 2.75) is 11.3 Å². The van der Waals surface area contributed by atoms with Gasteiger partial charge in [0.05, 0.1) is 6.26 Å². The van der Waals surface area contributed by atoms with Crippen LogP contribution in [-0.4, -0.2) is 15.4 Å². The van der Waals surface area contributed by atoms with E-state index in [2.05, 4.69) is 0 Å². The standard InChI is InChI=1S/C8H6O.C3H4Cl2O2/c1-2-4-8-7(3-1)5-6-9-8;1-3(4,5)2(6)7/h1-6H;1H3,(H,6,7). The maximum absolute atomic E-state index is 9.76. The molecule has 86 valence electrons. The van der Waals surface area contributed by atoms with Crippen molar-refractivity contribution in [2.24, 2.45) is 0 Å². The molecular weight excluding hydrogens is 251 g/mol. The van der Waals surface area contributed by atoms with Gasteiger partial charge in [-0.15, -0.1) is 0 Å². The van der Waals surface area contributed by atoms with Crippen molar-refractivity contribution < 1.29 is 14.3 Å². The lowest BCUT2D eigenvalue weighted by Crippen LogP contribution is -2.19. The molecule has 0 spiro atoms. The Labute approximate surface area is 103 Å². The highest BCUT2D eigenvalue weighted by molar-refractivity contribution is 6.56. The smallest absolute Gasteiger partial charge is 0.339 e. The van der Waals surface area contributed by atoms with Gasteiger partial charge < -0.3 is 9.52 Å². The second-order valence-corrected chi connectivity index (χ2v) is 4.86. The second kappa shape index (κ2) is 5.23. The van der Waals surface area contributed by atoms with Crippen LogP contribution in [-0.2, 0) is 4.79 Å². The van der Waals surface area contributed by atoms with E-state index >= 15 is 0 Å². The Hall–Kier alpha value is -1.19. The van der Waals surface area contributed by atoms with Crippen LogP contribution in [0.3, 0.4) is 0 Å². The Morgan fingerprint density at radius 3 is 2.38 bits per heavy atom. The normalized spacial score (nSPS) is 10.7. The molecule has 1 aromatic heterocycles. The van der Waals surface area contributed by atoms with Crippen LogP contribution in [0.4, 0.5) is 0 Å². The van der Waals surface area contributed by atoms with E-state index in [-0.39, 0.29) is 0 Å². The molecule has 1 heterocycles. The lowest BCUT2D eigenvalue weighted by Gasteiger charge is -2.02. The predicted molar refractivity (Wildman–Crippen MR) is 64.0 cm³/mol. The summed E-state index contributed by atoms with van der Waals surface area (Å²) in [4.78, 5) is 9.76. The van der Waals surface area contributed by atoms with E-state index in [4.69, 9.17) is 32.7 Å².